The molecular formula is C47H47Cl2N7+2. The first kappa shape index (κ1) is 37.4. The van der Waals surface area contributed by atoms with Gasteiger partial charge in [0, 0.05) is 82.2 Å². The Kier molecular flexibility index (Phi) is 10.4. The van der Waals surface area contributed by atoms with E-state index < -0.39 is 0 Å². The minimum atomic E-state index is 0.699. The molecule has 0 saturated heterocycles. The van der Waals surface area contributed by atoms with Crippen molar-refractivity contribution in [3.63, 3.8) is 0 Å². The van der Waals surface area contributed by atoms with E-state index >= 15 is 0 Å². The number of aryl methyl sites for hydroxylation is 5. The molecule has 0 radical (unpaired) electrons. The summed E-state index contributed by atoms with van der Waals surface area (Å²) >= 11 is 12.6. The molecule has 282 valence electrons. The number of benzene rings is 6. The second-order valence-corrected chi connectivity index (χ2v) is 16.0. The molecule has 7 nitrogen and oxygen atoms in total. The zero-order chi connectivity index (χ0) is 39.1. The van der Waals surface area contributed by atoms with E-state index in [9.17, 15) is 0 Å². The molecule has 8 rings (SSSR count). The van der Waals surface area contributed by atoms with Crippen LogP contribution in [-0.4, -0.2) is 16.5 Å². The van der Waals surface area contributed by atoms with Crippen LogP contribution in [0.5, 0.6) is 0 Å². The van der Waals surface area contributed by atoms with Crippen LogP contribution in [0.15, 0.2) is 97.1 Å². The first-order chi connectivity index (χ1) is 27.0. The second-order valence-electron chi connectivity index (χ2n) is 15.1. The number of nitrogens with two attached hydrogens (primary N) is 2. The van der Waals surface area contributed by atoms with E-state index in [2.05, 4.69) is 76.8 Å². The van der Waals surface area contributed by atoms with Crippen molar-refractivity contribution in [2.45, 2.75) is 66.2 Å². The number of nitrogens with one attached hydrogen (secondary N) is 1. The van der Waals surface area contributed by atoms with Crippen molar-refractivity contribution in [1.29, 1.82) is 0 Å². The molecule has 0 aliphatic carbocycles. The maximum atomic E-state index is 6.41. The molecule has 0 atom stereocenters. The highest BCUT2D eigenvalue weighted by Gasteiger charge is 2.24. The number of unbranched alkanes of at least 4 members (excludes halogenated alkanes) is 4. The van der Waals surface area contributed by atoms with Crippen molar-refractivity contribution in [2.24, 2.45) is 0 Å². The summed E-state index contributed by atoms with van der Waals surface area (Å²) in [6.45, 7) is 9.30. The fraction of sp³-hybridized carbons (Fsp3) is 0.234. The molecule has 0 fully saturated rings. The lowest BCUT2D eigenvalue weighted by atomic mass is 10.00. The van der Waals surface area contributed by atoms with Gasteiger partial charge in [0.25, 0.3) is 0 Å². The predicted molar refractivity (Wildman–Crippen MR) is 235 cm³/mol. The molecule has 6 aromatic carbocycles. The number of halogens is 2. The summed E-state index contributed by atoms with van der Waals surface area (Å²) in [6.07, 6.45) is 6.78. The van der Waals surface area contributed by atoms with E-state index in [0.717, 1.165) is 110 Å². The summed E-state index contributed by atoms with van der Waals surface area (Å²) in [6, 6.07) is 33.1. The van der Waals surface area contributed by atoms with Gasteiger partial charge in [-0.3, -0.25) is 0 Å². The van der Waals surface area contributed by atoms with Crippen molar-refractivity contribution in [1.82, 2.24) is 9.97 Å². The van der Waals surface area contributed by atoms with E-state index in [4.69, 9.17) is 44.6 Å². The zero-order valence-electron chi connectivity index (χ0n) is 32.4. The van der Waals surface area contributed by atoms with Gasteiger partial charge < -0.3 is 16.8 Å². The highest BCUT2D eigenvalue weighted by molar-refractivity contribution is 6.30. The number of hydrogen-bond donors (Lipinski definition) is 3. The van der Waals surface area contributed by atoms with Gasteiger partial charge >= 0.3 is 0 Å². The quantitative estimate of drug-likeness (QED) is 0.0526. The molecule has 2 heterocycles. The molecule has 0 bridgehead atoms. The third-order valence-electron chi connectivity index (χ3n) is 11.0. The largest absolute Gasteiger partial charge is 0.398 e. The Morgan fingerprint density at radius 1 is 0.500 bits per heavy atom. The molecule has 0 spiro atoms. The summed E-state index contributed by atoms with van der Waals surface area (Å²) in [5.41, 5.74) is 31.1. The molecular weight excluding hydrogens is 733 g/mol. The number of aromatic nitrogens is 4. The molecule has 0 aliphatic rings. The van der Waals surface area contributed by atoms with Crippen LogP contribution in [-0.2, 0) is 6.42 Å². The Morgan fingerprint density at radius 3 is 1.46 bits per heavy atom. The average molecular weight is 781 g/mol. The van der Waals surface area contributed by atoms with Crippen LogP contribution in [0.1, 0.15) is 59.9 Å². The Morgan fingerprint density at radius 2 is 0.929 bits per heavy atom. The Bertz CT molecular complexity index is 2590. The first-order valence-corrected chi connectivity index (χ1v) is 20.2. The molecule has 0 unspecified atom stereocenters. The monoisotopic (exact) mass is 779 g/mol. The molecule has 0 aliphatic heterocycles. The molecule has 0 saturated carbocycles. The third kappa shape index (κ3) is 7.41. The van der Waals surface area contributed by atoms with Gasteiger partial charge in [-0.25, -0.2) is 9.97 Å². The van der Waals surface area contributed by atoms with Crippen LogP contribution in [0, 0.1) is 27.7 Å². The van der Waals surface area contributed by atoms with E-state index in [0.29, 0.717) is 10.0 Å². The Balaban J connectivity index is 0.942. The minimum absolute atomic E-state index is 0.699. The summed E-state index contributed by atoms with van der Waals surface area (Å²) in [5.74, 6) is 0. The number of fused-ring (bicyclic) bond motifs is 4. The van der Waals surface area contributed by atoms with Crippen molar-refractivity contribution >= 4 is 84.4 Å². The van der Waals surface area contributed by atoms with Crippen LogP contribution in [0.3, 0.4) is 0 Å². The van der Waals surface area contributed by atoms with Gasteiger partial charge in [0.1, 0.15) is 22.1 Å². The van der Waals surface area contributed by atoms with Crippen LogP contribution in [0.2, 0.25) is 10.0 Å². The van der Waals surface area contributed by atoms with Gasteiger partial charge in [0.15, 0.2) is 0 Å². The van der Waals surface area contributed by atoms with Gasteiger partial charge in [-0.2, -0.15) is 0 Å². The SMILES string of the molecule is Cc1cc2nc3cc(C)c(CCCCCCCNc4cc5c(cc4C)nc4cc(C)c(N)cc4[n+]5-c4ccc(Cl)cc4)cc3[n+](-c3ccc(Cl)cc3)c2cc1N. The van der Waals surface area contributed by atoms with E-state index in [-0.39, 0.29) is 0 Å². The number of nitrogens with zero attached hydrogens (tertiary/aromatic N) is 4. The maximum Gasteiger partial charge on any atom is 0.239 e. The Labute approximate surface area is 337 Å². The molecule has 9 heteroatoms. The van der Waals surface area contributed by atoms with Gasteiger partial charge in [-0.15, -0.1) is 9.13 Å². The van der Waals surface area contributed by atoms with Crippen molar-refractivity contribution in [3.8, 4) is 11.4 Å². The number of rotatable bonds is 11. The van der Waals surface area contributed by atoms with Crippen LogP contribution in [0.4, 0.5) is 17.1 Å². The number of nitrogen functional groups attached to an aromatic ring is 2. The molecule has 2 aromatic heterocycles. The van der Waals surface area contributed by atoms with Crippen molar-refractivity contribution in [3.05, 3.63) is 135 Å². The van der Waals surface area contributed by atoms with Crippen LogP contribution in [0.25, 0.3) is 55.5 Å². The highest BCUT2D eigenvalue weighted by atomic mass is 35.5. The van der Waals surface area contributed by atoms with E-state index in [1.807, 2.05) is 62.4 Å². The van der Waals surface area contributed by atoms with Crippen LogP contribution >= 0.6 is 23.2 Å². The lowest BCUT2D eigenvalue weighted by Crippen LogP contribution is -2.33. The van der Waals surface area contributed by atoms with Gasteiger partial charge in [0.05, 0.1) is 0 Å². The normalized spacial score (nSPS) is 11.7. The fourth-order valence-electron chi connectivity index (χ4n) is 7.78. The van der Waals surface area contributed by atoms with E-state index in [1.54, 1.807) is 0 Å². The smallest absolute Gasteiger partial charge is 0.239 e. The summed E-state index contributed by atoms with van der Waals surface area (Å²) in [7, 11) is 0. The fourth-order valence-corrected chi connectivity index (χ4v) is 8.04. The Hall–Kier alpha value is -5.50. The summed E-state index contributed by atoms with van der Waals surface area (Å²) in [4.78, 5) is 10.1. The number of hydrogen-bond acceptors (Lipinski definition) is 5. The molecule has 56 heavy (non-hydrogen) atoms. The second kappa shape index (κ2) is 15.6. The van der Waals surface area contributed by atoms with Crippen molar-refractivity contribution in [2.75, 3.05) is 23.3 Å². The third-order valence-corrected chi connectivity index (χ3v) is 11.5. The molecule has 8 aromatic rings. The maximum absolute atomic E-state index is 6.41. The topological polar surface area (TPSA) is 97.6 Å². The van der Waals surface area contributed by atoms with Gasteiger partial charge in [-0.1, -0.05) is 42.5 Å². The molecule has 0 amide bonds. The minimum Gasteiger partial charge on any atom is -0.398 e. The van der Waals surface area contributed by atoms with Gasteiger partial charge in [0.2, 0.25) is 33.4 Å². The van der Waals surface area contributed by atoms with Gasteiger partial charge in [-0.05, 0) is 123 Å². The van der Waals surface area contributed by atoms with Crippen LogP contribution < -0.4 is 25.9 Å². The summed E-state index contributed by atoms with van der Waals surface area (Å²) in [5, 5.41) is 5.14. The summed E-state index contributed by atoms with van der Waals surface area (Å²) < 4.78 is 4.50. The molecule has 5 N–H and O–H groups in total. The lowest BCUT2D eigenvalue weighted by molar-refractivity contribution is -0.538. The standard InChI is InChI=1S/C47H45Cl2N7/c1-28-20-40-44(55(35-15-11-33(48)12-16-35)45-25-37(50)29(2)21-41(45)53-40)24-32(28)10-8-6-5-7-9-19-52-39-27-47-43(23-31(39)4)54-42-22-30(3)38(51)26-46(42)56(47)36-17-13-34(49)14-18-36/h11-18,20-27,50H,5-10,19H2,1-4H3,(H2,51,52)/p+2. The highest BCUT2D eigenvalue weighted by Crippen LogP contribution is 2.28. The van der Waals surface area contributed by atoms with Crippen molar-refractivity contribution < 1.29 is 9.13 Å². The van der Waals surface area contributed by atoms with E-state index in [1.165, 1.54) is 36.0 Å². The first-order valence-electron chi connectivity index (χ1n) is 19.4. The lowest BCUT2D eigenvalue weighted by Gasteiger charge is -2.12. The zero-order valence-corrected chi connectivity index (χ0v) is 33.9. The predicted octanol–water partition coefficient (Wildman–Crippen LogP) is 11.0. The number of anilines is 3. The average Bonchev–Trinajstić information content (AvgIpc) is 3.17.